The molecule has 0 aromatic heterocycles. The van der Waals surface area contributed by atoms with Crippen LogP contribution in [0.25, 0.3) is 4.72 Å². The van der Waals surface area contributed by atoms with Gasteiger partial charge in [-0.05, 0) is 6.07 Å². The molecule has 0 aliphatic heterocycles. The molecule has 0 amide bonds. The normalized spacial score (nSPS) is 10.4. The number of nitrogens with zero attached hydrogens (tertiary/aromatic N) is 2. The molecule has 0 bridgehead atoms. The summed E-state index contributed by atoms with van der Waals surface area (Å²) in [6, 6.07) is 5.07. The first kappa shape index (κ1) is 15.9. The Morgan fingerprint density at radius 3 is 2.53 bits per heavy atom. The molecule has 1 rings (SSSR count). The molecule has 0 spiro atoms. The van der Waals surface area contributed by atoms with Gasteiger partial charge in [-0.1, -0.05) is 12.1 Å². The fourth-order valence-electron chi connectivity index (χ4n) is 1.05. The van der Waals surface area contributed by atoms with Gasteiger partial charge >= 0.3 is 18.9 Å². The average molecular weight is 248 g/mol. The van der Waals surface area contributed by atoms with Crippen LogP contribution in [0.5, 0.6) is 0 Å². The first-order chi connectivity index (χ1) is 7.49. The van der Waals surface area contributed by atoms with Gasteiger partial charge in [-0.2, -0.15) is 0 Å². The number of nitro groups is 1. The molecular formula is C9H9LiN2O4S. The van der Waals surface area contributed by atoms with Crippen LogP contribution < -0.4 is 18.9 Å². The summed E-state index contributed by atoms with van der Waals surface area (Å²) in [5.74, 6) is 0. The van der Waals surface area contributed by atoms with Gasteiger partial charge in [0.25, 0.3) is 5.69 Å². The summed E-state index contributed by atoms with van der Waals surface area (Å²) in [4.78, 5) is 9.47. The first-order valence-corrected chi connectivity index (χ1v) is 5.71. The van der Waals surface area contributed by atoms with Crippen molar-refractivity contribution < 1.29 is 32.2 Å². The van der Waals surface area contributed by atoms with Gasteiger partial charge in [0.05, 0.1) is 4.92 Å². The van der Waals surface area contributed by atoms with Crippen molar-refractivity contribution in [1.82, 2.24) is 0 Å². The van der Waals surface area contributed by atoms with E-state index in [9.17, 15) is 18.5 Å². The number of hydrogen-bond donors (Lipinski definition) is 0. The van der Waals surface area contributed by atoms with E-state index in [0.29, 0.717) is 0 Å². The standard InChI is InChI=1S/C9H9N2O4S.Li/c1-2-7-10-16(14,15)9-6-4-3-5-8(9)11(12)13;/h2-6H,1,7H2;/q-1;+1. The summed E-state index contributed by atoms with van der Waals surface area (Å²) in [6.45, 7) is 3.22. The van der Waals surface area contributed by atoms with Crippen LogP contribution in [-0.2, 0) is 10.0 Å². The molecule has 6 nitrogen and oxygen atoms in total. The van der Waals surface area contributed by atoms with Gasteiger partial charge in [-0.15, -0.1) is 19.2 Å². The topological polar surface area (TPSA) is 91.4 Å². The second kappa shape index (κ2) is 6.57. The van der Waals surface area contributed by atoms with Crippen molar-refractivity contribution in [1.29, 1.82) is 0 Å². The van der Waals surface area contributed by atoms with Crippen LogP contribution in [0.2, 0.25) is 0 Å². The quantitative estimate of drug-likeness (QED) is 0.284. The van der Waals surface area contributed by atoms with E-state index >= 15 is 0 Å². The molecule has 86 valence electrons. The number of rotatable bonds is 5. The van der Waals surface area contributed by atoms with Gasteiger partial charge in [-0.3, -0.25) is 10.1 Å². The van der Waals surface area contributed by atoms with Crippen LogP contribution in [-0.4, -0.2) is 19.9 Å². The second-order valence-corrected chi connectivity index (χ2v) is 4.45. The molecule has 0 unspecified atom stereocenters. The maximum Gasteiger partial charge on any atom is 1.00 e. The summed E-state index contributed by atoms with van der Waals surface area (Å²) >= 11 is 0. The maximum atomic E-state index is 11.6. The Labute approximate surface area is 111 Å². The van der Waals surface area contributed by atoms with Gasteiger partial charge in [0.2, 0.25) is 0 Å². The summed E-state index contributed by atoms with van der Waals surface area (Å²) < 4.78 is 26.5. The molecule has 0 radical (unpaired) electrons. The molecule has 0 heterocycles. The van der Waals surface area contributed by atoms with Crippen molar-refractivity contribution in [2.24, 2.45) is 0 Å². The summed E-state index contributed by atoms with van der Waals surface area (Å²) in [5.41, 5.74) is -0.477. The zero-order chi connectivity index (χ0) is 12.2. The minimum absolute atomic E-state index is 0. The van der Waals surface area contributed by atoms with E-state index < -0.39 is 25.5 Å². The molecule has 1 aromatic rings. The smallest absolute Gasteiger partial charge is 0.541 e. The van der Waals surface area contributed by atoms with Gasteiger partial charge < -0.3 is 4.72 Å². The maximum absolute atomic E-state index is 11.6. The predicted octanol–water partition coefficient (Wildman–Crippen LogP) is -1.15. The van der Waals surface area contributed by atoms with E-state index in [1.807, 2.05) is 0 Å². The van der Waals surface area contributed by atoms with Crippen LogP contribution in [0.3, 0.4) is 0 Å². The van der Waals surface area contributed by atoms with Gasteiger partial charge in [0.1, 0.15) is 14.9 Å². The average Bonchev–Trinajstić information content (AvgIpc) is 2.26. The molecule has 17 heavy (non-hydrogen) atoms. The van der Waals surface area contributed by atoms with E-state index in [4.69, 9.17) is 0 Å². The van der Waals surface area contributed by atoms with Crippen LogP contribution >= 0.6 is 0 Å². The molecule has 1 aromatic carbocycles. The molecule has 0 N–H and O–H groups in total. The molecule has 0 aliphatic carbocycles. The van der Waals surface area contributed by atoms with E-state index in [2.05, 4.69) is 11.3 Å². The molecule has 0 saturated heterocycles. The molecular weight excluding hydrogens is 239 g/mol. The van der Waals surface area contributed by atoms with E-state index in [0.717, 1.165) is 12.1 Å². The van der Waals surface area contributed by atoms with Crippen LogP contribution in [0.1, 0.15) is 0 Å². The van der Waals surface area contributed by atoms with Gasteiger partial charge in [-0.25, -0.2) is 8.42 Å². The van der Waals surface area contributed by atoms with Crippen molar-refractivity contribution in [3.8, 4) is 0 Å². The monoisotopic (exact) mass is 248 g/mol. The zero-order valence-electron chi connectivity index (χ0n) is 9.24. The Balaban J connectivity index is 0.00000256. The molecule has 0 atom stereocenters. The van der Waals surface area contributed by atoms with Crippen molar-refractivity contribution in [2.75, 3.05) is 6.54 Å². The number of sulfonamides is 1. The van der Waals surface area contributed by atoms with E-state index in [1.54, 1.807) is 0 Å². The zero-order valence-corrected chi connectivity index (χ0v) is 10.1. The van der Waals surface area contributed by atoms with E-state index in [1.165, 1.54) is 18.2 Å². The van der Waals surface area contributed by atoms with Crippen LogP contribution in [0.4, 0.5) is 5.69 Å². The number of hydrogen-bond acceptors (Lipinski definition) is 4. The summed E-state index contributed by atoms with van der Waals surface area (Å²) in [6.07, 6.45) is 1.30. The third-order valence-corrected chi connectivity index (χ3v) is 3.10. The Morgan fingerprint density at radius 2 is 2.00 bits per heavy atom. The Bertz CT molecular complexity index is 515. The van der Waals surface area contributed by atoms with Gasteiger partial charge in [0, 0.05) is 6.07 Å². The Kier molecular flexibility index (Phi) is 6.13. The number of benzene rings is 1. The minimum atomic E-state index is -3.99. The summed E-state index contributed by atoms with van der Waals surface area (Å²) in [5, 5.41) is 10.6. The minimum Gasteiger partial charge on any atom is -0.541 e. The molecule has 0 saturated carbocycles. The van der Waals surface area contributed by atoms with Crippen molar-refractivity contribution in [2.45, 2.75) is 4.90 Å². The Hall–Kier alpha value is -1.13. The number of para-hydroxylation sites is 1. The Morgan fingerprint density at radius 1 is 1.41 bits per heavy atom. The first-order valence-electron chi connectivity index (χ1n) is 4.27. The van der Waals surface area contributed by atoms with Crippen LogP contribution in [0.15, 0.2) is 41.8 Å². The van der Waals surface area contributed by atoms with E-state index in [-0.39, 0.29) is 25.4 Å². The van der Waals surface area contributed by atoms with Crippen LogP contribution in [0, 0.1) is 10.1 Å². The van der Waals surface area contributed by atoms with Gasteiger partial charge in [0.15, 0.2) is 0 Å². The predicted molar refractivity (Wildman–Crippen MR) is 58.7 cm³/mol. The fourth-order valence-corrected chi connectivity index (χ4v) is 2.14. The number of nitro benzene ring substituents is 1. The molecule has 0 aliphatic rings. The SMILES string of the molecule is C=CC[N-]S(=O)(=O)c1ccccc1[N+](=O)[O-].[Li+]. The fraction of sp³-hybridized carbons (Fsp3) is 0.111. The molecule has 0 fully saturated rings. The third kappa shape index (κ3) is 3.98. The largest absolute Gasteiger partial charge is 1.00 e. The van der Waals surface area contributed by atoms with Crippen molar-refractivity contribution in [3.63, 3.8) is 0 Å². The van der Waals surface area contributed by atoms with Crippen molar-refractivity contribution >= 4 is 15.7 Å². The van der Waals surface area contributed by atoms with Crippen molar-refractivity contribution in [3.05, 3.63) is 51.8 Å². The molecule has 8 heteroatoms. The third-order valence-electron chi connectivity index (χ3n) is 1.71. The second-order valence-electron chi connectivity index (χ2n) is 2.80. The summed E-state index contributed by atoms with van der Waals surface area (Å²) in [7, 11) is -3.99.